The smallest absolute Gasteiger partial charge is 0.404 e. The highest BCUT2D eigenvalue weighted by Crippen LogP contribution is 2.34. The zero-order valence-electron chi connectivity index (χ0n) is 16.8. The summed E-state index contributed by atoms with van der Waals surface area (Å²) in [4.78, 5) is 12.6. The molecule has 2 N–H and O–H groups in total. The zero-order chi connectivity index (χ0) is 21.7. The van der Waals surface area contributed by atoms with Gasteiger partial charge in [0.25, 0.3) is 0 Å². The highest BCUT2D eigenvalue weighted by molar-refractivity contribution is 6.11. The molecule has 3 rings (SSSR count). The second-order valence-electron chi connectivity index (χ2n) is 7.34. The van der Waals surface area contributed by atoms with Crippen molar-refractivity contribution in [2.75, 3.05) is 6.54 Å². The summed E-state index contributed by atoms with van der Waals surface area (Å²) in [6.07, 6.45) is 0.920. The molecule has 0 saturated heterocycles. The van der Waals surface area contributed by atoms with Crippen molar-refractivity contribution in [1.82, 2.24) is 9.97 Å². The first-order valence-electron chi connectivity index (χ1n) is 9.65. The minimum absolute atomic E-state index is 0.185. The number of halogens is 3. The Balaban J connectivity index is 2.10. The zero-order valence-corrected chi connectivity index (χ0v) is 16.8. The average molecular weight is 412 g/mol. The van der Waals surface area contributed by atoms with Gasteiger partial charge in [0.15, 0.2) is 0 Å². The third kappa shape index (κ3) is 5.03. The molecule has 4 nitrogen and oxygen atoms in total. The Bertz CT molecular complexity index is 1090. The van der Waals surface area contributed by atoms with Crippen LogP contribution in [0.1, 0.15) is 31.5 Å². The third-order valence-electron chi connectivity index (χ3n) is 4.62. The summed E-state index contributed by atoms with van der Waals surface area (Å²) in [6, 6.07) is 11.3. The molecule has 0 aliphatic rings. The van der Waals surface area contributed by atoms with Crippen molar-refractivity contribution in [3.63, 3.8) is 0 Å². The Morgan fingerprint density at radius 3 is 2.67 bits per heavy atom. The van der Waals surface area contributed by atoms with Crippen LogP contribution in [0.15, 0.2) is 59.9 Å². The van der Waals surface area contributed by atoms with Crippen LogP contribution in [-0.4, -0.2) is 22.7 Å². The highest BCUT2D eigenvalue weighted by atomic mass is 19.4. The van der Waals surface area contributed by atoms with Gasteiger partial charge in [-0.2, -0.15) is 13.2 Å². The summed E-state index contributed by atoms with van der Waals surface area (Å²) in [5, 5.41) is 0.889. The molecular formula is C23H23F3N4. The van der Waals surface area contributed by atoms with Crippen LogP contribution >= 0.6 is 0 Å². The maximum Gasteiger partial charge on any atom is 0.433 e. The quantitative estimate of drug-likeness (QED) is 0.526. The number of aromatic nitrogens is 2. The second kappa shape index (κ2) is 9.07. The number of aliphatic imine (C=N–C) groups is 1. The molecule has 2 aromatic heterocycles. The molecule has 0 atom stereocenters. The first-order valence-corrected chi connectivity index (χ1v) is 9.65. The first-order chi connectivity index (χ1) is 14.3. The van der Waals surface area contributed by atoms with Crippen molar-refractivity contribution in [2.24, 2.45) is 16.6 Å². The minimum Gasteiger partial charge on any atom is -0.404 e. The standard InChI is InChI=1S/C23H23F3N4/c1-15(2)9-11-28-14-18(13-27)19-7-8-21(23(24,25)26)30-22(19)17-6-5-16-4-3-10-29-20(16)12-17/h3-8,10,12-15H,9,11,27H2,1-2H3/b18-13+,28-14?. The predicted octanol–water partition coefficient (Wildman–Crippen LogP) is 5.73. The van der Waals surface area contributed by atoms with Gasteiger partial charge in [0.2, 0.25) is 0 Å². The molecule has 0 unspecified atom stereocenters. The molecule has 156 valence electrons. The lowest BCUT2D eigenvalue weighted by Gasteiger charge is -2.14. The molecule has 1 aromatic carbocycles. The highest BCUT2D eigenvalue weighted by Gasteiger charge is 2.33. The number of rotatable bonds is 6. The molecule has 0 radical (unpaired) electrons. The topological polar surface area (TPSA) is 64.2 Å². The summed E-state index contributed by atoms with van der Waals surface area (Å²) in [5.41, 5.74) is 7.20. The number of fused-ring (bicyclic) bond motifs is 1. The van der Waals surface area contributed by atoms with Crippen LogP contribution in [-0.2, 0) is 6.18 Å². The van der Waals surface area contributed by atoms with E-state index in [0.29, 0.717) is 34.7 Å². The lowest BCUT2D eigenvalue weighted by Crippen LogP contribution is -2.10. The average Bonchev–Trinajstić information content (AvgIpc) is 2.72. The van der Waals surface area contributed by atoms with Crippen LogP contribution in [0.25, 0.3) is 27.7 Å². The molecule has 2 heterocycles. The Labute approximate surface area is 173 Å². The van der Waals surface area contributed by atoms with E-state index < -0.39 is 11.9 Å². The van der Waals surface area contributed by atoms with Crippen molar-refractivity contribution >= 4 is 22.7 Å². The number of alkyl halides is 3. The molecule has 0 amide bonds. The Morgan fingerprint density at radius 1 is 1.17 bits per heavy atom. The lowest BCUT2D eigenvalue weighted by molar-refractivity contribution is -0.141. The van der Waals surface area contributed by atoms with Crippen molar-refractivity contribution in [1.29, 1.82) is 0 Å². The molecule has 3 aromatic rings. The molecule has 0 saturated carbocycles. The summed E-state index contributed by atoms with van der Waals surface area (Å²) in [5.74, 6) is 0.501. The van der Waals surface area contributed by atoms with Crippen molar-refractivity contribution in [3.8, 4) is 11.3 Å². The normalized spacial score (nSPS) is 12.9. The maximum absolute atomic E-state index is 13.3. The van der Waals surface area contributed by atoms with Gasteiger partial charge in [0.05, 0.1) is 11.2 Å². The number of pyridine rings is 2. The summed E-state index contributed by atoms with van der Waals surface area (Å²) in [6.45, 7) is 4.81. The fourth-order valence-corrected chi connectivity index (χ4v) is 2.98. The van der Waals surface area contributed by atoms with E-state index in [1.807, 2.05) is 12.1 Å². The maximum atomic E-state index is 13.3. The van der Waals surface area contributed by atoms with Crippen LogP contribution in [0.4, 0.5) is 13.2 Å². The molecule has 7 heteroatoms. The number of allylic oxidation sites excluding steroid dienone is 1. The van der Waals surface area contributed by atoms with Crippen LogP contribution in [0.5, 0.6) is 0 Å². The molecule has 0 bridgehead atoms. The summed E-state index contributed by atoms with van der Waals surface area (Å²) in [7, 11) is 0. The van der Waals surface area contributed by atoms with Gasteiger partial charge in [-0.1, -0.05) is 32.0 Å². The number of nitrogens with zero attached hydrogens (tertiary/aromatic N) is 3. The van der Waals surface area contributed by atoms with Crippen LogP contribution in [0, 0.1) is 5.92 Å². The Hall–Kier alpha value is -3.22. The van der Waals surface area contributed by atoms with E-state index in [0.717, 1.165) is 17.9 Å². The lowest BCUT2D eigenvalue weighted by atomic mass is 9.98. The molecular weight excluding hydrogens is 389 g/mol. The van der Waals surface area contributed by atoms with Gasteiger partial charge in [-0.3, -0.25) is 9.98 Å². The number of benzene rings is 1. The molecule has 0 spiro atoms. The van der Waals surface area contributed by atoms with E-state index >= 15 is 0 Å². The van der Waals surface area contributed by atoms with E-state index in [9.17, 15) is 13.2 Å². The third-order valence-corrected chi connectivity index (χ3v) is 4.62. The molecule has 0 aliphatic heterocycles. The van der Waals surface area contributed by atoms with Gasteiger partial charge < -0.3 is 5.73 Å². The molecule has 0 aliphatic carbocycles. The van der Waals surface area contributed by atoms with Crippen molar-refractivity contribution in [2.45, 2.75) is 26.4 Å². The fourth-order valence-electron chi connectivity index (χ4n) is 2.98. The monoisotopic (exact) mass is 412 g/mol. The van der Waals surface area contributed by atoms with Crippen molar-refractivity contribution in [3.05, 3.63) is 66.1 Å². The second-order valence-corrected chi connectivity index (χ2v) is 7.34. The first kappa shape index (κ1) is 21.5. The SMILES string of the molecule is CC(C)CCN=C/C(=C\N)c1ccc(C(F)(F)F)nc1-c1ccc2cccnc2c1. The van der Waals surface area contributed by atoms with Crippen LogP contribution in [0.2, 0.25) is 0 Å². The van der Waals surface area contributed by atoms with Gasteiger partial charge in [-0.05, 0) is 36.6 Å². The van der Waals surface area contributed by atoms with Gasteiger partial charge in [0, 0.05) is 47.2 Å². The van der Waals surface area contributed by atoms with E-state index in [2.05, 4.69) is 28.8 Å². The van der Waals surface area contributed by atoms with E-state index in [-0.39, 0.29) is 5.69 Å². The van der Waals surface area contributed by atoms with Gasteiger partial charge in [-0.25, -0.2) is 4.98 Å². The van der Waals surface area contributed by atoms with E-state index in [1.165, 1.54) is 12.3 Å². The van der Waals surface area contributed by atoms with Crippen molar-refractivity contribution < 1.29 is 13.2 Å². The molecule has 30 heavy (non-hydrogen) atoms. The number of hydrogen-bond acceptors (Lipinski definition) is 4. The summed E-state index contributed by atoms with van der Waals surface area (Å²) >= 11 is 0. The number of hydrogen-bond donors (Lipinski definition) is 1. The van der Waals surface area contributed by atoms with Crippen LogP contribution in [0.3, 0.4) is 0 Å². The van der Waals surface area contributed by atoms with E-state index in [1.54, 1.807) is 30.6 Å². The minimum atomic E-state index is -4.56. The summed E-state index contributed by atoms with van der Waals surface area (Å²) < 4.78 is 40.0. The number of nitrogens with two attached hydrogens (primary N) is 1. The van der Waals surface area contributed by atoms with Gasteiger partial charge in [0.1, 0.15) is 5.69 Å². The largest absolute Gasteiger partial charge is 0.433 e. The molecule has 0 fully saturated rings. The fraction of sp³-hybridized carbons (Fsp3) is 0.261. The van der Waals surface area contributed by atoms with Gasteiger partial charge >= 0.3 is 6.18 Å². The van der Waals surface area contributed by atoms with Crippen LogP contribution < -0.4 is 5.73 Å². The Morgan fingerprint density at radius 2 is 1.97 bits per heavy atom. The predicted molar refractivity (Wildman–Crippen MR) is 115 cm³/mol. The Kier molecular flexibility index (Phi) is 6.50. The van der Waals surface area contributed by atoms with E-state index in [4.69, 9.17) is 5.73 Å². The van der Waals surface area contributed by atoms with Gasteiger partial charge in [-0.15, -0.1) is 0 Å².